The molecule has 6 nitrogen and oxygen atoms in total. The first-order chi connectivity index (χ1) is 11.6. The lowest BCUT2D eigenvalue weighted by Gasteiger charge is -2.27. The Balaban J connectivity index is 1.58. The SMILES string of the molecule is CC(OCC(=O)NC1CCOc2c(F)cccc21)c1nccn1C. The lowest BCUT2D eigenvalue weighted by molar-refractivity contribution is -0.128. The van der Waals surface area contributed by atoms with E-state index in [1.165, 1.54) is 6.07 Å². The first-order valence-corrected chi connectivity index (χ1v) is 7.85. The zero-order chi connectivity index (χ0) is 17.1. The van der Waals surface area contributed by atoms with Crippen LogP contribution in [0.2, 0.25) is 0 Å². The molecule has 3 rings (SSSR count). The van der Waals surface area contributed by atoms with Crippen LogP contribution in [0.3, 0.4) is 0 Å². The van der Waals surface area contributed by atoms with E-state index in [9.17, 15) is 9.18 Å². The molecule has 1 amide bonds. The third kappa shape index (κ3) is 3.41. The highest BCUT2D eigenvalue weighted by Crippen LogP contribution is 2.33. The molecule has 1 aromatic carbocycles. The van der Waals surface area contributed by atoms with Crippen LogP contribution in [0.25, 0.3) is 0 Å². The summed E-state index contributed by atoms with van der Waals surface area (Å²) in [6.45, 7) is 2.12. The Morgan fingerprint density at radius 2 is 2.42 bits per heavy atom. The molecule has 2 atom stereocenters. The lowest BCUT2D eigenvalue weighted by atomic mass is 10.0. The van der Waals surface area contributed by atoms with Crippen molar-refractivity contribution in [3.63, 3.8) is 0 Å². The van der Waals surface area contributed by atoms with E-state index in [4.69, 9.17) is 9.47 Å². The minimum atomic E-state index is -0.411. The molecule has 0 saturated carbocycles. The molecule has 24 heavy (non-hydrogen) atoms. The van der Waals surface area contributed by atoms with Crippen LogP contribution >= 0.6 is 0 Å². The number of halogens is 1. The van der Waals surface area contributed by atoms with Crippen LogP contribution in [0, 0.1) is 5.82 Å². The van der Waals surface area contributed by atoms with Crippen molar-refractivity contribution >= 4 is 5.91 Å². The van der Waals surface area contributed by atoms with E-state index < -0.39 is 5.82 Å². The maximum atomic E-state index is 13.8. The number of benzene rings is 1. The summed E-state index contributed by atoms with van der Waals surface area (Å²) in [5.74, 6) is 0.307. The predicted molar refractivity (Wildman–Crippen MR) is 85.0 cm³/mol. The summed E-state index contributed by atoms with van der Waals surface area (Å²) < 4.78 is 26.5. The third-order valence-corrected chi connectivity index (χ3v) is 4.05. The Kier molecular flexibility index (Phi) is 4.80. The number of carbonyl (C=O) groups excluding carboxylic acids is 1. The minimum Gasteiger partial charge on any atom is -0.490 e. The fraction of sp³-hybridized carbons (Fsp3) is 0.412. The molecule has 2 heterocycles. The van der Waals surface area contributed by atoms with E-state index in [0.717, 1.165) is 5.82 Å². The molecule has 0 aliphatic carbocycles. The van der Waals surface area contributed by atoms with Crippen LogP contribution in [-0.4, -0.2) is 28.7 Å². The highest BCUT2D eigenvalue weighted by Gasteiger charge is 2.25. The number of imidazole rings is 1. The summed E-state index contributed by atoms with van der Waals surface area (Å²) in [6, 6.07) is 4.45. The molecule has 1 aliphatic heterocycles. The molecule has 2 unspecified atom stereocenters. The fourth-order valence-electron chi connectivity index (χ4n) is 2.82. The Morgan fingerprint density at radius 3 is 3.17 bits per heavy atom. The molecule has 7 heteroatoms. The van der Waals surface area contributed by atoms with E-state index in [0.29, 0.717) is 18.6 Å². The van der Waals surface area contributed by atoms with Gasteiger partial charge in [-0.15, -0.1) is 0 Å². The molecule has 1 aromatic heterocycles. The van der Waals surface area contributed by atoms with Gasteiger partial charge in [0.15, 0.2) is 11.6 Å². The number of nitrogens with one attached hydrogen (secondary N) is 1. The first-order valence-electron chi connectivity index (χ1n) is 7.85. The topological polar surface area (TPSA) is 65.4 Å². The van der Waals surface area contributed by atoms with Crippen LogP contribution in [-0.2, 0) is 16.6 Å². The molecule has 0 spiro atoms. The molecule has 128 valence electrons. The number of carbonyl (C=O) groups is 1. The minimum absolute atomic E-state index is 0.0873. The van der Waals surface area contributed by atoms with E-state index in [2.05, 4.69) is 10.3 Å². The van der Waals surface area contributed by atoms with Gasteiger partial charge in [0.1, 0.15) is 18.5 Å². The van der Waals surface area contributed by atoms with Gasteiger partial charge in [-0.3, -0.25) is 4.79 Å². The lowest BCUT2D eigenvalue weighted by Crippen LogP contribution is -2.35. The van der Waals surface area contributed by atoms with Crippen molar-refractivity contribution in [3.8, 4) is 5.75 Å². The Morgan fingerprint density at radius 1 is 1.58 bits per heavy atom. The van der Waals surface area contributed by atoms with Gasteiger partial charge < -0.3 is 19.4 Å². The number of nitrogens with zero attached hydrogens (tertiary/aromatic N) is 2. The van der Waals surface area contributed by atoms with Crippen LogP contribution in [0.1, 0.15) is 36.9 Å². The van der Waals surface area contributed by atoms with Crippen molar-refractivity contribution in [2.45, 2.75) is 25.5 Å². The average Bonchev–Trinajstić information content (AvgIpc) is 3.00. The number of hydrogen-bond donors (Lipinski definition) is 1. The second-order valence-electron chi connectivity index (χ2n) is 5.77. The van der Waals surface area contributed by atoms with Crippen molar-refractivity contribution < 1.29 is 18.7 Å². The number of aryl methyl sites for hydroxylation is 1. The van der Waals surface area contributed by atoms with Crippen LogP contribution < -0.4 is 10.1 Å². The molecule has 0 fully saturated rings. The smallest absolute Gasteiger partial charge is 0.246 e. The van der Waals surface area contributed by atoms with Gasteiger partial charge >= 0.3 is 0 Å². The number of rotatable bonds is 5. The molecule has 1 N–H and O–H groups in total. The van der Waals surface area contributed by atoms with Crippen molar-refractivity contribution in [2.75, 3.05) is 13.2 Å². The van der Waals surface area contributed by atoms with Crippen molar-refractivity contribution in [1.29, 1.82) is 0 Å². The van der Waals surface area contributed by atoms with Crippen molar-refractivity contribution in [2.24, 2.45) is 7.05 Å². The number of amides is 1. The van der Waals surface area contributed by atoms with E-state index >= 15 is 0 Å². The maximum Gasteiger partial charge on any atom is 0.246 e. The first kappa shape index (κ1) is 16.4. The predicted octanol–water partition coefficient (Wildman–Crippen LogP) is 2.28. The summed E-state index contributed by atoms with van der Waals surface area (Å²) in [4.78, 5) is 16.4. The molecule has 0 bridgehead atoms. The summed E-state index contributed by atoms with van der Waals surface area (Å²) in [7, 11) is 1.87. The Labute approximate surface area is 139 Å². The number of hydrogen-bond acceptors (Lipinski definition) is 4. The van der Waals surface area contributed by atoms with Gasteiger partial charge in [0, 0.05) is 31.4 Å². The van der Waals surface area contributed by atoms with Crippen LogP contribution in [0.15, 0.2) is 30.6 Å². The van der Waals surface area contributed by atoms with Gasteiger partial charge in [0.25, 0.3) is 0 Å². The van der Waals surface area contributed by atoms with Crippen LogP contribution in [0.5, 0.6) is 5.75 Å². The van der Waals surface area contributed by atoms with Crippen LogP contribution in [0.4, 0.5) is 4.39 Å². The second-order valence-corrected chi connectivity index (χ2v) is 5.77. The number of fused-ring (bicyclic) bond motifs is 1. The van der Waals surface area contributed by atoms with E-state index in [-0.39, 0.29) is 30.4 Å². The zero-order valence-electron chi connectivity index (χ0n) is 13.7. The monoisotopic (exact) mass is 333 g/mol. The summed E-state index contributed by atoms with van der Waals surface area (Å²) in [5, 5.41) is 2.88. The molecule has 2 aromatic rings. The molecule has 0 radical (unpaired) electrons. The van der Waals surface area contributed by atoms with E-state index in [1.807, 2.05) is 24.7 Å². The normalized spacial score (nSPS) is 17.7. The number of ether oxygens (including phenoxy) is 2. The standard InChI is InChI=1S/C17H20FN3O3/c1-11(17-19-7-8-21(17)2)24-10-15(22)20-14-6-9-23-16-12(14)4-3-5-13(16)18/h3-5,7-8,11,14H,6,9-10H2,1-2H3,(H,20,22). The second kappa shape index (κ2) is 7.00. The fourth-order valence-corrected chi connectivity index (χ4v) is 2.82. The molecule has 0 saturated heterocycles. The molecular formula is C17H20FN3O3. The summed E-state index contributed by atoms with van der Waals surface area (Å²) >= 11 is 0. The third-order valence-electron chi connectivity index (χ3n) is 4.05. The highest BCUT2D eigenvalue weighted by atomic mass is 19.1. The van der Waals surface area contributed by atoms with Gasteiger partial charge in [0.05, 0.1) is 12.6 Å². The Bertz CT molecular complexity index is 732. The summed E-state index contributed by atoms with van der Waals surface area (Å²) in [5.41, 5.74) is 0.659. The van der Waals surface area contributed by atoms with Gasteiger partial charge in [0.2, 0.25) is 5.91 Å². The van der Waals surface area contributed by atoms with Gasteiger partial charge in [-0.25, -0.2) is 9.37 Å². The highest BCUT2D eigenvalue weighted by molar-refractivity contribution is 5.77. The average molecular weight is 333 g/mol. The molecule has 1 aliphatic rings. The molecular weight excluding hydrogens is 313 g/mol. The van der Waals surface area contributed by atoms with Crippen molar-refractivity contribution in [3.05, 3.63) is 47.8 Å². The number of aromatic nitrogens is 2. The van der Waals surface area contributed by atoms with Gasteiger partial charge in [-0.2, -0.15) is 0 Å². The van der Waals surface area contributed by atoms with Gasteiger partial charge in [-0.05, 0) is 13.0 Å². The Hall–Kier alpha value is -2.41. The quantitative estimate of drug-likeness (QED) is 0.912. The maximum absolute atomic E-state index is 13.8. The summed E-state index contributed by atoms with van der Waals surface area (Å²) in [6.07, 6.45) is 3.80. The zero-order valence-corrected chi connectivity index (χ0v) is 13.7. The number of para-hydroxylation sites is 1. The van der Waals surface area contributed by atoms with E-state index in [1.54, 1.807) is 18.3 Å². The van der Waals surface area contributed by atoms with Crippen molar-refractivity contribution in [1.82, 2.24) is 14.9 Å². The van der Waals surface area contributed by atoms with Gasteiger partial charge in [-0.1, -0.05) is 12.1 Å². The largest absolute Gasteiger partial charge is 0.490 e.